The van der Waals surface area contributed by atoms with Crippen LogP contribution in [0.2, 0.25) is 0 Å². The Morgan fingerprint density at radius 2 is 1.73 bits per heavy atom. The summed E-state index contributed by atoms with van der Waals surface area (Å²) >= 11 is 0. The van der Waals surface area contributed by atoms with E-state index in [1.54, 1.807) is 0 Å². The molecule has 84 valence electrons. The molecule has 0 heterocycles. The van der Waals surface area contributed by atoms with Gasteiger partial charge < -0.3 is 5.11 Å². The topological polar surface area (TPSA) is 20.2 Å². The van der Waals surface area contributed by atoms with E-state index in [0.717, 1.165) is 32.1 Å². The Bertz CT molecular complexity index is 243. The maximum atomic E-state index is 9.66. The molecule has 1 rings (SSSR count). The largest absolute Gasteiger partial charge is 0.393 e. The first-order chi connectivity index (χ1) is 7.33. The van der Waals surface area contributed by atoms with Gasteiger partial charge in [0, 0.05) is 0 Å². The van der Waals surface area contributed by atoms with Crippen LogP contribution in [0.4, 0.5) is 0 Å². The molecule has 0 bridgehead atoms. The molecule has 1 heteroatoms. The fourth-order valence-corrected chi connectivity index (χ4v) is 1.77. The minimum atomic E-state index is -0.0892. The molecule has 1 atom stereocenters. The SMILES string of the molecule is CCCCC(O)CCCc1ccccc1. The van der Waals surface area contributed by atoms with Gasteiger partial charge in [-0.3, -0.25) is 0 Å². The summed E-state index contributed by atoms with van der Waals surface area (Å²) in [7, 11) is 0. The van der Waals surface area contributed by atoms with Crippen molar-refractivity contribution in [3.63, 3.8) is 0 Å². The van der Waals surface area contributed by atoms with Crippen LogP contribution < -0.4 is 0 Å². The molecule has 0 aliphatic carbocycles. The van der Waals surface area contributed by atoms with Gasteiger partial charge in [0.05, 0.1) is 6.10 Å². The molecule has 1 aromatic carbocycles. The second-order valence-electron chi connectivity index (χ2n) is 4.17. The van der Waals surface area contributed by atoms with Crippen LogP contribution in [0.3, 0.4) is 0 Å². The third-order valence-electron chi connectivity index (χ3n) is 2.74. The van der Waals surface area contributed by atoms with E-state index in [-0.39, 0.29) is 6.10 Å². The van der Waals surface area contributed by atoms with Crippen LogP contribution in [0.1, 0.15) is 44.6 Å². The molecule has 0 saturated carbocycles. The number of hydrogen-bond donors (Lipinski definition) is 1. The lowest BCUT2D eigenvalue weighted by Gasteiger charge is -2.09. The van der Waals surface area contributed by atoms with Crippen LogP contribution in [-0.2, 0) is 6.42 Å². The highest BCUT2D eigenvalue weighted by Crippen LogP contribution is 2.10. The molecule has 0 fully saturated rings. The standard InChI is InChI=1S/C14H22O/c1-2-3-11-14(15)12-7-10-13-8-5-4-6-9-13/h4-6,8-9,14-15H,2-3,7,10-12H2,1H3. The fraction of sp³-hybridized carbons (Fsp3) is 0.571. The molecule has 0 radical (unpaired) electrons. The van der Waals surface area contributed by atoms with Crippen molar-refractivity contribution in [3.8, 4) is 0 Å². The second kappa shape index (κ2) is 7.47. The van der Waals surface area contributed by atoms with Crippen molar-refractivity contribution in [2.45, 2.75) is 51.6 Å². The maximum absolute atomic E-state index is 9.66. The van der Waals surface area contributed by atoms with Gasteiger partial charge in [-0.15, -0.1) is 0 Å². The lowest BCUT2D eigenvalue weighted by atomic mass is 10.0. The smallest absolute Gasteiger partial charge is 0.0540 e. The molecular weight excluding hydrogens is 184 g/mol. The molecule has 0 aliphatic heterocycles. The number of aliphatic hydroxyl groups excluding tert-OH is 1. The van der Waals surface area contributed by atoms with Gasteiger partial charge in [-0.1, -0.05) is 50.1 Å². The van der Waals surface area contributed by atoms with Gasteiger partial charge in [-0.2, -0.15) is 0 Å². The number of benzene rings is 1. The van der Waals surface area contributed by atoms with E-state index >= 15 is 0 Å². The van der Waals surface area contributed by atoms with Gasteiger partial charge in [0.2, 0.25) is 0 Å². The molecular formula is C14H22O. The van der Waals surface area contributed by atoms with Crippen molar-refractivity contribution in [1.82, 2.24) is 0 Å². The predicted octanol–water partition coefficient (Wildman–Crippen LogP) is 3.56. The van der Waals surface area contributed by atoms with E-state index in [1.807, 2.05) is 6.07 Å². The highest BCUT2D eigenvalue weighted by Gasteiger charge is 2.02. The van der Waals surface area contributed by atoms with Crippen LogP contribution in [0.15, 0.2) is 30.3 Å². The molecule has 0 aliphatic rings. The quantitative estimate of drug-likeness (QED) is 0.723. The Morgan fingerprint density at radius 1 is 1.07 bits per heavy atom. The van der Waals surface area contributed by atoms with Crippen LogP contribution in [0.25, 0.3) is 0 Å². The molecule has 1 nitrogen and oxygen atoms in total. The molecule has 0 spiro atoms. The van der Waals surface area contributed by atoms with Crippen LogP contribution in [0, 0.1) is 0 Å². The van der Waals surface area contributed by atoms with E-state index in [2.05, 4.69) is 31.2 Å². The average molecular weight is 206 g/mol. The molecule has 0 aromatic heterocycles. The highest BCUT2D eigenvalue weighted by atomic mass is 16.3. The lowest BCUT2D eigenvalue weighted by molar-refractivity contribution is 0.149. The van der Waals surface area contributed by atoms with Crippen molar-refractivity contribution >= 4 is 0 Å². The Hall–Kier alpha value is -0.820. The normalized spacial score (nSPS) is 12.7. The van der Waals surface area contributed by atoms with E-state index in [0.29, 0.717) is 0 Å². The Morgan fingerprint density at radius 3 is 2.40 bits per heavy atom. The fourth-order valence-electron chi connectivity index (χ4n) is 1.77. The van der Waals surface area contributed by atoms with Crippen molar-refractivity contribution in [3.05, 3.63) is 35.9 Å². The summed E-state index contributed by atoms with van der Waals surface area (Å²) in [6, 6.07) is 10.5. The predicted molar refractivity (Wildman–Crippen MR) is 64.9 cm³/mol. The summed E-state index contributed by atoms with van der Waals surface area (Å²) in [5.41, 5.74) is 1.38. The van der Waals surface area contributed by atoms with E-state index in [1.165, 1.54) is 12.0 Å². The second-order valence-corrected chi connectivity index (χ2v) is 4.17. The zero-order valence-corrected chi connectivity index (χ0v) is 9.65. The van der Waals surface area contributed by atoms with Crippen molar-refractivity contribution < 1.29 is 5.11 Å². The molecule has 1 aromatic rings. The number of aryl methyl sites for hydroxylation is 1. The summed E-state index contributed by atoms with van der Waals surface area (Å²) in [5, 5.41) is 9.66. The minimum absolute atomic E-state index is 0.0892. The van der Waals surface area contributed by atoms with Gasteiger partial charge in [0.1, 0.15) is 0 Å². The van der Waals surface area contributed by atoms with Crippen molar-refractivity contribution in [2.75, 3.05) is 0 Å². The zero-order valence-electron chi connectivity index (χ0n) is 9.65. The first-order valence-corrected chi connectivity index (χ1v) is 6.05. The summed E-state index contributed by atoms with van der Waals surface area (Å²) in [6.07, 6.45) is 6.31. The third kappa shape index (κ3) is 5.58. The van der Waals surface area contributed by atoms with E-state index < -0.39 is 0 Å². The summed E-state index contributed by atoms with van der Waals surface area (Å²) < 4.78 is 0. The maximum Gasteiger partial charge on any atom is 0.0540 e. The number of unbranched alkanes of at least 4 members (excludes halogenated alkanes) is 1. The molecule has 0 amide bonds. The first-order valence-electron chi connectivity index (χ1n) is 6.05. The summed E-state index contributed by atoms with van der Waals surface area (Å²) in [5.74, 6) is 0. The van der Waals surface area contributed by atoms with Crippen molar-refractivity contribution in [1.29, 1.82) is 0 Å². The number of hydrogen-bond acceptors (Lipinski definition) is 1. The van der Waals surface area contributed by atoms with Crippen LogP contribution >= 0.6 is 0 Å². The Kier molecular flexibility index (Phi) is 6.10. The summed E-state index contributed by atoms with van der Waals surface area (Å²) in [4.78, 5) is 0. The Labute approximate surface area is 93.1 Å². The summed E-state index contributed by atoms with van der Waals surface area (Å²) in [6.45, 7) is 2.16. The molecule has 1 unspecified atom stereocenters. The average Bonchev–Trinajstić information content (AvgIpc) is 2.28. The minimum Gasteiger partial charge on any atom is -0.393 e. The Balaban J connectivity index is 2.11. The third-order valence-corrected chi connectivity index (χ3v) is 2.74. The highest BCUT2D eigenvalue weighted by molar-refractivity contribution is 5.14. The van der Waals surface area contributed by atoms with Crippen molar-refractivity contribution in [2.24, 2.45) is 0 Å². The van der Waals surface area contributed by atoms with Crippen LogP contribution in [-0.4, -0.2) is 11.2 Å². The lowest BCUT2D eigenvalue weighted by Crippen LogP contribution is -2.06. The van der Waals surface area contributed by atoms with E-state index in [9.17, 15) is 5.11 Å². The van der Waals surface area contributed by atoms with Gasteiger partial charge in [-0.25, -0.2) is 0 Å². The van der Waals surface area contributed by atoms with E-state index in [4.69, 9.17) is 0 Å². The zero-order chi connectivity index (χ0) is 10.9. The van der Waals surface area contributed by atoms with Gasteiger partial charge in [-0.05, 0) is 31.2 Å². The van der Waals surface area contributed by atoms with Gasteiger partial charge in [0.15, 0.2) is 0 Å². The number of aliphatic hydroxyl groups is 1. The molecule has 15 heavy (non-hydrogen) atoms. The van der Waals surface area contributed by atoms with Gasteiger partial charge >= 0.3 is 0 Å². The number of rotatable bonds is 7. The van der Waals surface area contributed by atoms with Crippen LogP contribution in [0.5, 0.6) is 0 Å². The molecule has 1 N–H and O–H groups in total. The molecule has 0 saturated heterocycles. The first kappa shape index (κ1) is 12.3. The van der Waals surface area contributed by atoms with Gasteiger partial charge in [0.25, 0.3) is 0 Å². The monoisotopic (exact) mass is 206 g/mol.